The molecule has 1 nitrogen and oxygen atoms in total. The molecular formula is C17H18BrFO. The molecule has 0 heterocycles. The first-order valence-electron chi connectivity index (χ1n) is 6.69. The summed E-state index contributed by atoms with van der Waals surface area (Å²) >= 11 is 3.21. The van der Waals surface area contributed by atoms with E-state index in [2.05, 4.69) is 29.8 Å². The minimum Gasteiger partial charge on any atom is -0.384 e. The largest absolute Gasteiger partial charge is 0.384 e. The Morgan fingerprint density at radius 1 is 1.10 bits per heavy atom. The van der Waals surface area contributed by atoms with Gasteiger partial charge in [0.2, 0.25) is 0 Å². The standard InChI is InChI=1S/C17H18BrFO/c1-11(2)9-12-3-5-13(6-4-12)17(20)15-8-7-14(18)10-16(15)19/h3-8,10-11,17,20H,9H2,1-2H3. The Morgan fingerprint density at radius 3 is 2.30 bits per heavy atom. The zero-order chi connectivity index (χ0) is 14.7. The summed E-state index contributed by atoms with van der Waals surface area (Å²) in [5.74, 6) is 0.188. The summed E-state index contributed by atoms with van der Waals surface area (Å²) in [6.45, 7) is 4.33. The highest BCUT2D eigenvalue weighted by molar-refractivity contribution is 9.10. The molecule has 0 aliphatic carbocycles. The highest BCUT2D eigenvalue weighted by Gasteiger charge is 2.15. The normalized spacial score (nSPS) is 12.7. The first kappa shape index (κ1) is 15.2. The fraction of sp³-hybridized carbons (Fsp3) is 0.294. The van der Waals surface area contributed by atoms with Gasteiger partial charge < -0.3 is 5.11 Å². The summed E-state index contributed by atoms with van der Waals surface area (Å²) in [5, 5.41) is 10.3. The molecule has 1 unspecified atom stereocenters. The van der Waals surface area contributed by atoms with Gasteiger partial charge in [0.1, 0.15) is 11.9 Å². The Bertz CT molecular complexity index is 578. The van der Waals surface area contributed by atoms with Crippen LogP contribution in [0.4, 0.5) is 4.39 Å². The molecule has 0 spiro atoms. The Hall–Kier alpha value is -1.19. The smallest absolute Gasteiger partial charge is 0.130 e. The molecule has 3 heteroatoms. The molecule has 2 aromatic carbocycles. The second-order valence-electron chi connectivity index (χ2n) is 5.41. The van der Waals surface area contributed by atoms with Crippen molar-refractivity contribution in [1.82, 2.24) is 0 Å². The van der Waals surface area contributed by atoms with Crippen molar-refractivity contribution >= 4 is 15.9 Å². The van der Waals surface area contributed by atoms with E-state index < -0.39 is 11.9 Å². The second-order valence-corrected chi connectivity index (χ2v) is 6.32. The van der Waals surface area contributed by atoms with Crippen molar-refractivity contribution < 1.29 is 9.50 Å². The monoisotopic (exact) mass is 336 g/mol. The molecule has 1 N–H and O–H groups in total. The van der Waals surface area contributed by atoms with E-state index in [9.17, 15) is 9.50 Å². The Balaban J connectivity index is 2.22. The summed E-state index contributed by atoms with van der Waals surface area (Å²) in [4.78, 5) is 0. The summed E-state index contributed by atoms with van der Waals surface area (Å²) < 4.78 is 14.5. The highest BCUT2D eigenvalue weighted by Crippen LogP contribution is 2.26. The Kier molecular flexibility index (Phi) is 4.95. The van der Waals surface area contributed by atoms with Gasteiger partial charge in [-0.15, -0.1) is 0 Å². The number of hydrogen-bond donors (Lipinski definition) is 1. The van der Waals surface area contributed by atoms with Crippen LogP contribution < -0.4 is 0 Å². The topological polar surface area (TPSA) is 20.2 Å². The third kappa shape index (κ3) is 3.68. The average Bonchev–Trinajstić information content (AvgIpc) is 2.38. The first-order chi connectivity index (χ1) is 9.47. The Morgan fingerprint density at radius 2 is 1.75 bits per heavy atom. The van der Waals surface area contributed by atoms with E-state index in [4.69, 9.17) is 0 Å². The van der Waals surface area contributed by atoms with Gasteiger partial charge in [-0.3, -0.25) is 0 Å². The quantitative estimate of drug-likeness (QED) is 0.844. The predicted octanol–water partition coefficient (Wildman–Crippen LogP) is 4.87. The van der Waals surface area contributed by atoms with E-state index in [1.54, 1.807) is 12.1 Å². The number of aliphatic hydroxyl groups is 1. The lowest BCUT2D eigenvalue weighted by molar-refractivity contribution is 0.215. The summed E-state index contributed by atoms with van der Waals surface area (Å²) in [6.07, 6.45) is 0.0689. The first-order valence-corrected chi connectivity index (χ1v) is 7.48. The van der Waals surface area contributed by atoms with Gasteiger partial charge in [0, 0.05) is 10.0 Å². The lowest BCUT2D eigenvalue weighted by Crippen LogP contribution is -2.03. The molecule has 0 saturated carbocycles. The van der Waals surface area contributed by atoms with Gasteiger partial charge in [-0.05, 0) is 35.6 Å². The van der Waals surface area contributed by atoms with E-state index >= 15 is 0 Å². The minimum atomic E-state index is -0.934. The second kappa shape index (κ2) is 6.51. The number of halogens is 2. The lowest BCUT2D eigenvalue weighted by atomic mass is 9.97. The maximum atomic E-state index is 13.8. The van der Waals surface area contributed by atoms with Crippen LogP contribution in [0.1, 0.15) is 36.6 Å². The maximum absolute atomic E-state index is 13.8. The van der Waals surface area contributed by atoms with Gasteiger partial charge in [0.25, 0.3) is 0 Å². The van der Waals surface area contributed by atoms with Crippen LogP contribution in [0, 0.1) is 11.7 Å². The fourth-order valence-electron chi connectivity index (χ4n) is 2.21. The maximum Gasteiger partial charge on any atom is 0.130 e. The summed E-state index contributed by atoms with van der Waals surface area (Å²) in [6, 6.07) is 12.4. The molecule has 0 radical (unpaired) electrons. The van der Waals surface area contributed by atoms with Crippen molar-refractivity contribution in [1.29, 1.82) is 0 Å². The molecule has 106 valence electrons. The fourth-order valence-corrected chi connectivity index (χ4v) is 2.54. The van der Waals surface area contributed by atoms with E-state index in [0.717, 1.165) is 6.42 Å². The van der Waals surface area contributed by atoms with Crippen molar-refractivity contribution in [3.05, 3.63) is 69.4 Å². The van der Waals surface area contributed by atoms with Crippen LogP contribution in [-0.2, 0) is 6.42 Å². The molecule has 0 aliphatic heterocycles. The van der Waals surface area contributed by atoms with Crippen LogP contribution in [0.15, 0.2) is 46.9 Å². The van der Waals surface area contributed by atoms with E-state index in [0.29, 0.717) is 21.5 Å². The summed E-state index contributed by atoms with van der Waals surface area (Å²) in [5.41, 5.74) is 2.23. The van der Waals surface area contributed by atoms with Crippen molar-refractivity contribution in [2.75, 3.05) is 0 Å². The van der Waals surface area contributed by atoms with Crippen LogP contribution in [0.3, 0.4) is 0 Å². The van der Waals surface area contributed by atoms with Crippen LogP contribution in [-0.4, -0.2) is 5.11 Å². The molecule has 0 aromatic heterocycles. The lowest BCUT2D eigenvalue weighted by Gasteiger charge is -2.14. The van der Waals surface area contributed by atoms with Crippen molar-refractivity contribution in [2.24, 2.45) is 5.92 Å². The molecule has 2 rings (SSSR count). The number of aliphatic hydroxyl groups excluding tert-OH is 1. The molecule has 1 atom stereocenters. The molecule has 0 fully saturated rings. The molecule has 20 heavy (non-hydrogen) atoms. The zero-order valence-corrected chi connectivity index (χ0v) is 13.2. The van der Waals surface area contributed by atoms with Gasteiger partial charge in [-0.2, -0.15) is 0 Å². The number of benzene rings is 2. The third-order valence-electron chi connectivity index (χ3n) is 3.20. The van der Waals surface area contributed by atoms with Gasteiger partial charge in [0.05, 0.1) is 0 Å². The van der Waals surface area contributed by atoms with E-state index in [1.807, 2.05) is 24.3 Å². The minimum absolute atomic E-state index is 0.296. The van der Waals surface area contributed by atoms with Gasteiger partial charge >= 0.3 is 0 Å². The zero-order valence-electron chi connectivity index (χ0n) is 11.6. The third-order valence-corrected chi connectivity index (χ3v) is 3.69. The van der Waals surface area contributed by atoms with Gasteiger partial charge in [-0.1, -0.05) is 60.1 Å². The van der Waals surface area contributed by atoms with Crippen LogP contribution in [0.2, 0.25) is 0 Å². The van der Waals surface area contributed by atoms with Crippen molar-refractivity contribution in [3.63, 3.8) is 0 Å². The molecule has 0 amide bonds. The van der Waals surface area contributed by atoms with E-state index in [-0.39, 0.29) is 0 Å². The van der Waals surface area contributed by atoms with Crippen LogP contribution in [0.25, 0.3) is 0 Å². The molecule has 2 aromatic rings. The molecule has 0 bridgehead atoms. The van der Waals surface area contributed by atoms with Crippen molar-refractivity contribution in [3.8, 4) is 0 Å². The molecular weight excluding hydrogens is 319 g/mol. The van der Waals surface area contributed by atoms with Gasteiger partial charge in [-0.25, -0.2) is 4.39 Å². The molecule has 0 aliphatic rings. The summed E-state index contributed by atoms with van der Waals surface area (Å²) in [7, 11) is 0. The highest BCUT2D eigenvalue weighted by atomic mass is 79.9. The van der Waals surface area contributed by atoms with Crippen LogP contribution in [0.5, 0.6) is 0 Å². The Labute approximate surface area is 127 Å². The van der Waals surface area contributed by atoms with Crippen molar-refractivity contribution in [2.45, 2.75) is 26.4 Å². The SMILES string of the molecule is CC(C)Cc1ccc(C(O)c2ccc(Br)cc2F)cc1. The van der Waals surface area contributed by atoms with Gasteiger partial charge in [0.15, 0.2) is 0 Å². The number of hydrogen-bond acceptors (Lipinski definition) is 1. The molecule has 0 saturated heterocycles. The average molecular weight is 337 g/mol. The van der Waals surface area contributed by atoms with Crippen LogP contribution >= 0.6 is 15.9 Å². The predicted molar refractivity (Wildman–Crippen MR) is 83.1 cm³/mol. The van der Waals surface area contributed by atoms with E-state index in [1.165, 1.54) is 11.6 Å². The number of rotatable bonds is 4.